The fourth-order valence-electron chi connectivity index (χ4n) is 0.955. The van der Waals surface area contributed by atoms with Gasteiger partial charge in [-0.1, -0.05) is 0 Å². The van der Waals surface area contributed by atoms with E-state index in [2.05, 4.69) is 4.52 Å². The van der Waals surface area contributed by atoms with E-state index in [0.29, 0.717) is 11.6 Å². The molecule has 1 atom stereocenters. The van der Waals surface area contributed by atoms with Gasteiger partial charge in [-0.05, 0) is 39.4 Å². The van der Waals surface area contributed by atoms with Crippen LogP contribution in [0.2, 0.25) is 0 Å². The molecule has 0 aliphatic heterocycles. The fourth-order valence-corrected chi connectivity index (χ4v) is 1.93. The Morgan fingerprint density at radius 2 is 2.40 bits per heavy atom. The summed E-state index contributed by atoms with van der Waals surface area (Å²) in [5.41, 5.74) is 0.926. The largest absolute Gasteiger partial charge is 0.701 e. The second kappa shape index (κ2) is 4.90. The zero-order chi connectivity index (χ0) is 11.5. The third-order valence-electron chi connectivity index (χ3n) is 1.56. The van der Waals surface area contributed by atoms with Crippen molar-refractivity contribution in [1.29, 1.82) is 0 Å². The van der Waals surface area contributed by atoms with E-state index in [-0.39, 0.29) is 5.57 Å². The van der Waals surface area contributed by atoms with E-state index in [1.165, 1.54) is 18.3 Å². The molecule has 0 aromatic carbocycles. The minimum atomic E-state index is -3.73. The Morgan fingerprint density at radius 1 is 1.73 bits per heavy atom. The second-order valence-electron chi connectivity index (χ2n) is 2.73. The predicted octanol–water partition coefficient (Wildman–Crippen LogP) is 3.41. The molecule has 1 heterocycles. The minimum Gasteiger partial charge on any atom is -0.167 e. The Kier molecular flexibility index (Phi) is 4.04. The maximum absolute atomic E-state index is 12.9. The average Bonchev–Trinajstić information content (AvgIpc) is 2.50. The summed E-state index contributed by atoms with van der Waals surface area (Å²) in [6.07, 6.45) is -3.22. The minimum absolute atomic E-state index is 0.290. The number of rotatable bonds is 4. The van der Waals surface area contributed by atoms with Crippen LogP contribution in [0.1, 0.15) is 12.5 Å². The highest BCUT2D eigenvalue weighted by molar-refractivity contribution is 7.32. The molecule has 0 spiro atoms. The quantitative estimate of drug-likeness (QED) is 0.836. The van der Waals surface area contributed by atoms with Crippen LogP contribution in [0.3, 0.4) is 0 Å². The SMILES string of the molecule is CC(=CC(F)(F)O[P+](=O)O)c1ccsc1. The first-order valence-corrected chi connectivity index (χ1v) is 5.93. The molecule has 1 N–H and O–H groups in total. The topological polar surface area (TPSA) is 46.5 Å². The molecule has 0 saturated heterocycles. The lowest BCUT2D eigenvalue weighted by Crippen LogP contribution is -2.13. The summed E-state index contributed by atoms with van der Waals surface area (Å²) in [4.78, 5) is 8.21. The summed E-state index contributed by atoms with van der Waals surface area (Å²) in [6, 6.07) is 1.67. The smallest absolute Gasteiger partial charge is 0.167 e. The number of alkyl halides is 2. The Bertz CT molecular complexity index is 375. The standard InChI is InChI=1S/C8H7F2O3PS/c1-6(7-2-3-15-5-7)4-8(9,10)13-14(11)12/h2-5H,1H3/p+1. The summed E-state index contributed by atoms with van der Waals surface area (Å²) in [5, 5.41) is 3.44. The molecule has 1 aromatic heterocycles. The van der Waals surface area contributed by atoms with Crippen molar-refractivity contribution < 1.29 is 22.8 Å². The van der Waals surface area contributed by atoms with Gasteiger partial charge in [-0.25, -0.2) is 0 Å². The van der Waals surface area contributed by atoms with Crippen molar-refractivity contribution in [2.24, 2.45) is 0 Å². The maximum Gasteiger partial charge on any atom is 0.701 e. The van der Waals surface area contributed by atoms with Crippen LogP contribution in [0.25, 0.3) is 5.57 Å². The van der Waals surface area contributed by atoms with Crippen LogP contribution < -0.4 is 0 Å². The van der Waals surface area contributed by atoms with Gasteiger partial charge in [-0.2, -0.15) is 20.1 Å². The Hall–Kier alpha value is -0.680. The van der Waals surface area contributed by atoms with Gasteiger partial charge in [0, 0.05) is 10.6 Å². The third-order valence-corrected chi connectivity index (χ3v) is 2.64. The molecule has 0 saturated carbocycles. The highest BCUT2D eigenvalue weighted by atomic mass is 32.1. The Labute approximate surface area is 90.0 Å². The molecule has 0 aliphatic carbocycles. The molecule has 15 heavy (non-hydrogen) atoms. The van der Waals surface area contributed by atoms with Crippen molar-refractivity contribution in [3.8, 4) is 0 Å². The normalized spacial score (nSPS) is 14.1. The second-order valence-corrected chi connectivity index (χ2v) is 4.17. The molecule has 1 rings (SSSR count). The monoisotopic (exact) mass is 253 g/mol. The van der Waals surface area contributed by atoms with Crippen LogP contribution in [0.15, 0.2) is 22.9 Å². The van der Waals surface area contributed by atoms with E-state index in [9.17, 15) is 13.3 Å². The van der Waals surface area contributed by atoms with Crippen molar-refractivity contribution in [2.45, 2.75) is 13.0 Å². The van der Waals surface area contributed by atoms with Crippen molar-refractivity contribution in [1.82, 2.24) is 0 Å². The van der Waals surface area contributed by atoms with Crippen molar-refractivity contribution in [2.75, 3.05) is 0 Å². The zero-order valence-corrected chi connectivity index (χ0v) is 9.40. The van der Waals surface area contributed by atoms with Crippen LogP contribution in [-0.4, -0.2) is 11.0 Å². The van der Waals surface area contributed by atoms with Gasteiger partial charge in [0.2, 0.25) is 0 Å². The van der Waals surface area contributed by atoms with Gasteiger partial charge in [-0.15, -0.1) is 4.89 Å². The van der Waals surface area contributed by atoms with Crippen molar-refractivity contribution >= 4 is 25.2 Å². The number of thiophene rings is 1. The van der Waals surface area contributed by atoms with Gasteiger partial charge in [0.15, 0.2) is 0 Å². The van der Waals surface area contributed by atoms with E-state index < -0.39 is 14.4 Å². The first kappa shape index (κ1) is 12.4. The van der Waals surface area contributed by atoms with Gasteiger partial charge < -0.3 is 0 Å². The zero-order valence-electron chi connectivity index (χ0n) is 7.68. The number of halogens is 2. The van der Waals surface area contributed by atoms with Gasteiger partial charge >= 0.3 is 14.4 Å². The van der Waals surface area contributed by atoms with Gasteiger partial charge in [0.05, 0.1) is 0 Å². The lowest BCUT2D eigenvalue weighted by Gasteiger charge is -2.04. The first-order valence-electron chi connectivity index (χ1n) is 3.86. The number of hydrogen-bond acceptors (Lipinski definition) is 3. The molecule has 0 bridgehead atoms. The van der Waals surface area contributed by atoms with E-state index in [1.807, 2.05) is 0 Å². The highest BCUT2D eigenvalue weighted by Crippen LogP contribution is 2.32. The molecule has 1 aromatic rings. The molecule has 82 valence electrons. The number of hydrogen-bond donors (Lipinski definition) is 1. The predicted molar refractivity (Wildman–Crippen MR) is 53.8 cm³/mol. The lowest BCUT2D eigenvalue weighted by molar-refractivity contribution is -0.131. The van der Waals surface area contributed by atoms with Crippen LogP contribution in [0, 0.1) is 0 Å². The molecule has 0 fully saturated rings. The van der Waals surface area contributed by atoms with Crippen LogP contribution in [-0.2, 0) is 9.09 Å². The van der Waals surface area contributed by atoms with Crippen LogP contribution in [0.4, 0.5) is 8.78 Å². The van der Waals surface area contributed by atoms with Crippen LogP contribution in [0.5, 0.6) is 0 Å². The molecular weight excluding hydrogens is 245 g/mol. The van der Waals surface area contributed by atoms with Gasteiger partial charge in [-0.3, -0.25) is 0 Å². The Balaban J connectivity index is 2.82. The number of allylic oxidation sites excluding steroid dienone is 1. The molecule has 1 unspecified atom stereocenters. The Morgan fingerprint density at radius 3 is 2.87 bits per heavy atom. The molecule has 7 heteroatoms. The summed E-state index contributed by atoms with van der Waals surface area (Å²) in [7, 11) is -3.32. The van der Waals surface area contributed by atoms with E-state index in [1.54, 1.807) is 16.8 Å². The molecular formula is C8H8F2O3PS+. The van der Waals surface area contributed by atoms with Gasteiger partial charge in [0.1, 0.15) is 0 Å². The molecule has 0 radical (unpaired) electrons. The van der Waals surface area contributed by atoms with E-state index in [0.717, 1.165) is 0 Å². The fraction of sp³-hybridized carbons (Fsp3) is 0.250. The van der Waals surface area contributed by atoms with E-state index in [4.69, 9.17) is 4.89 Å². The van der Waals surface area contributed by atoms with Crippen molar-refractivity contribution in [3.05, 3.63) is 28.5 Å². The highest BCUT2D eigenvalue weighted by Gasteiger charge is 2.39. The summed E-state index contributed by atoms with van der Waals surface area (Å²) in [6.45, 7) is 1.48. The van der Waals surface area contributed by atoms with Gasteiger partial charge in [0.25, 0.3) is 0 Å². The molecule has 0 amide bonds. The van der Waals surface area contributed by atoms with Crippen molar-refractivity contribution in [3.63, 3.8) is 0 Å². The third kappa shape index (κ3) is 4.13. The van der Waals surface area contributed by atoms with Crippen LogP contribution >= 0.6 is 19.6 Å². The summed E-state index contributed by atoms with van der Waals surface area (Å²) < 4.78 is 39.4. The lowest BCUT2D eigenvalue weighted by atomic mass is 10.1. The first-order chi connectivity index (χ1) is 6.91. The summed E-state index contributed by atoms with van der Waals surface area (Å²) >= 11 is 1.37. The molecule has 0 aliphatic rings. The van der Waals surface area contributed by atoms with E-state index >= 15 is 0 Å². The average molecular weight is 253 g/mol. The maximum atomic E-state index is 12.9. The molecule has 3 nitrogen and oxygen atoms in total. The summed E-state index contributed by atoms with van der Waals surface area (Å²) in [5.74, 6) is 0.